The van der Waals surface area contributed by atoms with Gasteiger partial charge >= 0.3 is 12.0 Å². The second-order valence-corrected chi connectivity index (χ2v) is 4.72. The molecule has 0 aromatic heterocycles. The molecule has 0 aliphatic heterocycles. The highest BCUT2D eigenvalue weighted by molar-refractivity contribution is 6.00. The van der Waals surface area contributed by atoms with E-state index in [1.54, 1.807) is 45.2 Å². The number of hydrogen-bond acceptors (Lipinski definition) is 5. The molecule has 0 spiro atoms. The maximum atomic E-state index is 12.2. The molecule has 0 fully saturated rings. The van der Waals surface area contributed by atoms with E-state index in [2.05, 4.69) is 5.32 Å². The van der Waals surface area contributed by atoms with Gasteiger partial charge in [-0.3, -0.25) is 10.1 Å². The third-order valence-corrected chi connectivity index (χ3v) is 2.76. The third kappa shape index (κ3) is 4.48. The maximum absolute atomic E-state index is 12.2. The lowest BCUT2D eigenvalue weighted by Gasteiger charge is -2.20. The summed E-state index contributed by atoms with van der Waals surface area (Å²) in [6.07, 6.45) is -1.10. The zero-order valence-electron chi connectivity index (χ0n) is 12.2. The van der Waals surface area contributed by atoms with E-state index in [4.69, 9.17) is 10.5 Å². The van der Waals surface area contributed by atoms with Gasteiger partial charge < -0.3 is 15.8 Å². The van der Waals surface area contributed by atoms with Crippen LogP contribution in [0.15, 0.2) is 24.3 Å². The van der Waals surface area contributed by atoms with Crippen molar-refractivity contribution in [2.75, 3.05) is 12.4 Å². The van der Waals surface area contributed by atoms with Gasteiger partial charge in [-0.1, -0.05) is 26.0 Å². The van der Waals surface area contributed by atoms with Crippen LogP contribution in [0, 0.1) is 5.92 Å². The number of primary amides is 1. The number of imide groups is 1. The number of benzene rings is 1. The number of carbonyl (C=O) groups is 3. The van der Waals surface area contributed by atoms with Crippen LogP contribution in [-0.2, 0) is 9.53 Å². The van der Waals surface area contributed by atoms with Crippen LogP contribution in [0.5, 0.6) is 0 Å². The van der Waals surface area contributed by atoms with E-state index in [-0.39, 0.29) is 5.92 Å². The highest BCUT2D eigenvalue weighted by Crippen LogP contribution is 2.18. The van der Waals surface area contributed by atoms with Gasteiger partial charge in [-0.15, -0.1) is 0 Å². The van der Waals surface area contributed by atoms with Crippen molar-refractivity contribution < 1.29 is 19.1 Å². The number of carbonyl (C=O) groups excluding carboxylic acids is 3. The lowest BCUT2D eigenvalue weighted by molar-refractivity contribution is -0.130. The average molecular weight is 293 g/mol. The molecule has 0 aliphatic carbocycles. The second-order valence-electron chi connectivity index (χ2n) is 4.72. The Balaban J connectivity index is 2.91. The smallest absolute Gasteiger partial charge is 0.341 e. The fraction of sp³-hybridized carbons (Fsp3) is 0.357. The van der Waals surface area contributed by atoms with E-state index >= 15 is 0 Å². The van der Waals surface area contributed by atoms with Gasteiger partial charge in [0.25, 0.3) is 5.91 Å². The summed E-state index contributed by atoms with van der Waals surface area (Å²) in [6.45, 7) is 3.39. The zero-order chi connectivity index (χ0) is 16.0. The van der Waals surface area contributed by atoms with Crippen molar-refractivity contribution in [1.82, 2.24) is 5.32 Å². The number of ether oxygens (including phenoxy) is 1. The zero-order valence-corrected chi connectivity index (χ0v) is 12.2. The van der Waals surface area contributed by atoms with Crippen LogP contribution in [0.25, 0.3) is 0 Å². The molecule has 0 saturated carbocycles. The summed E-state index contributed by atoms with van der Waals surface area (Å²) in [7, 11) is 1.67. The Labute approximate surface area is 122 Å². The van der Waals surface area contributed by atoms with Crippen LogP contribution in [0.2, 0.25) is 0 Å². The Bertz CT molecular complexity index is 543. The quantitative estimate of drug-likeness (QED) is 0.704. The molecule has 0 saturated heterocycles. The Morgan fingerprint density at radius 2 is 1.81 bits per heavy atom. The molecule has 4 N–H and O–H groups in total. The standard InChI is InChI=1S/C14H19N3O4/c1-8(2)11(12(18)17-14(15)20)21-13(19)9-6-4-5-7-10(9)16-3/h4-8,11,16H,1-3H3,(H3,15,17,18,20)/t11-/m1/s1. The SMILES string of the molecule is CNc1ccccc1C(=O)O[C@@H](C(=O)NC(N)=O)C(C)C. The summed E-state index contributed by atoms with van der Waals surface area (Å²) >= 11 is 0. The van der Waals surface area contributed by atoms with E-state index in [0.717, 1.165) is 0 Å². The van der Waals surface area contributed by atoms with Crippen LogP contribution in [-0.4, -0.2) is 31.1 Å². The number of hydrogen-bond donors (Lipinski definition) is 3. The fourth-order valence-electron chi connectivity index (χ4n) is 1.74. The Kier molecular flexibility index (Phi) is 5.71. The summed E-state index contributed by atoms with van der Waals surface area (Å²) in [4.78, 5) is 34.7. The number of nitrogens with one attached hydrogen (secondary N) is 2. The van der Waals surface area contributed by atoms with Crippen LogP contribution < -0.4 is 16.4 Å². The molecule has 1 aromatic carbocycles. The minimum absolute atomic E-state index is 0.303. The molecule has 1 atom stereocenters. The van der Waals surface area contributed by atoms with Gasteiger partial charge in [-0.05, 0) is 18.1 Å². The number of rotatable bonds is 5. The number of amides is 3. The largest absolute Gasteiger partial charge is 0.448 e. The van der Waals surface area contributed by atoms with E-state index in [1.165, 1.54) is 0 Å². The molecule has 0 heterocycles. The number of urea groups is 1. The second kappa shape index (κ2) is 7.28. The Morgan fingerprint density at radius 3 is 2.33 bits per heavy atom. The number of para-hydroxylation sites is 1. The van der Waals surface area contributed by atoms with Crippen molar-refractivity contribution in [1.29, 1.82) is 0 Å². The van der Waals surface area contributed by atoms with Crippen LogP contribution in [0.1, 0.15) is 24.2 Å². The lowest BCUT2D eigenvalue weighted by atomic mass is 10.1. The molecular formula is C14H19N3O4. The van der Waals surface area contributed by atoms with Crippen LogP contribution in [0.3, 0.4) is 0 Å². The highest BCUT2D eigenvalue weighted by Gasteiger charge is 2.28. The highest BCUT2D eigenvalue weighted by atomic mass is 16.5. The van der Waals surface area contributed by atoms with Gasteiger partial charge in [-0.25, -0.2) is 9.59 Å². The monoisotopic (exact) mass is 293 g/mol. The molecule has 114 valence electrons. The fourth-order valence-corrected chi connectivity index (χ4v) is 1.74. The minimum atomic E-state index is -1.10. The van der Waals surface area contributed by atoms with Gasteiger partial charge in [0.1, 0.15) is 0 Å². The maximum Gasteiger partial charge on any atom is 0.341 e. The van der Waals surface area contributed by atoms with Gasteiger partial charge in [0.05, 0.1) is 5.56 Å². The number of nitrogens with two attached hydrogens (primary N) is 1. The van der Waals surface area contributed by atoms with Crippen molar-refractivity contribution >= 4 is 23.6 Å². The van der Waals surface area contributed by atoms with E-state index in [9.17, 15) is 14.4 Å². The predicted molar refractivity (Wildman–Crippen MR) is 77.8 cm³/mol. The lowest BCUT2D eigenvalue weighted by Crippen LogP contribution is -2.45. The summed E-state index contributed by atoms with van der Waals surface area (Å²) in [5, 5.41) is 4.78. The first-order valence-electron chi connectivity index (χ1n) is 6.44. The normalized spacial score (nSPS) is 11.6. The first-order chi connectivity index (χ1) is 9.86. The molecule has 0 radical (unpaired) electrons. The van der Waals surface area contributed by atoms with Gasteiger partial charge in [-0.2, -0.15) is 0 Å². The number of esters is 1. The van der Waals surface area contributed by atoms with Gasteiger partial charge in [0.2, 0.25) is 0 Å². The molecule has 21 heavy (non-hydrogen) atoms. The van der Waals surface area contributed by atoms with Crippen LogP contribution >= 0.6 is 0 Å². The molecule has 0 bridgehead atoms. The van der Waals surface area contributed by atoms with E-state index in [0.29, 0.717) is 11.3 Å². The van der Waals surface area contributed by atoms with Gasteiger partial charge in [0.15, 0.2) is 6.10 Å². The first kappa shape index (κ1) is 16.5. The summed E-state index contributed by atoms with van der Waals surface area (Å²) < 4.78 is 5.20. The molecule has 3 amide bonds. The van der Waals surface area contributed by atoms with Crippen molar-refractivity contribution in [3.63, 3.8) is 0 Å². The summed E-state index contributed by atoms with van der Waals surface area (Å²) in [5.41, 5.74) is 5.78. The average Bonchev–Trinajstić information content (AvgIpc) is 2.43. The molecule has 1 rings (SSSR count). The number of anilines is 1. The van der Waals surface area contributed by atoms with Gasteiger partial charge in [0, 0.05) is 12.7 Å². The van der Waals surface area contributed by atoms with E-state index < -0.39 is 24.0 Å². The van der Waals surface area contributed by atoms with Crippen molar-refractivity contribution in [2.24, 2.45) is 11.7 Å². The first-order valence-corrected chi connectivity index (χ1v) is 6.44. The topological polar surface area (TPSA) is 111 Å². The molecule has 7 heteroatoms. The van der Waals surface area contributed by atoms with E-state index in [1.807, 2.05) is 5.32 Å². The predicted octanol–water partition coefficient (Wildman–Crippen LogP) is 1.10. The summed E-state index contributed by atoms with van der Waals surface area (Å²) in [5.74, 6) is -1.71. The molecule has 7 nitrogen and oxygen atoms in total. The van der Waals surface area contributed by atoms with Crippen molar-refractivity contribution in [3.05, 3.63) is 29.8 Å². The van der Waals surface area contributed by atoms with Crippen molar-refractivity contribution in [2.45, 2.75) is 20.0 Å². The molecular weight excluding hydrogens is 274 g/mol. The Morgan fingerprint density at radius 1 is 1.19 bits per heavy atom. The third-order valence-electron chi connectivity index (χ3n) is 2.76. The molecule has 1 aromatic rings. The molecule has 0 aliphatic rings. The minimum Gasteiger partial charge on any atom is -0.448 e. The molecule has 0 unspecified atom stereocenters. The van der Waals surface area contributed by atoms with Crippen LogP contribution in [0.4, 0.5) is 10.5 Å². The van der Waals surface area contributed by atoms with Crippen molar-refractivity contribution in [3.8, 4) is 0 Å². The summed E-state index contributed by atoms with van der Waals surface area (Å²) in [6, 6.07) is 5.76. The Hall–Kier alpha value is -2.57.